The van der Waals surface area contributed by atoms with Crippen LogP contribution >= 0.6 is 0 Å². The van der Waals surface area contributed by atoms with Crippen LogP contribution < -0.4 is 4.72 Å². The molecule has 136 valence electrons. The third-order valence-corrected chi connectivity index (χ3v) is 5.55. The second-order valence-electron chi connectivity index (χ2n) is 5.95. The van der Waals surface area contributed by atoms with Gasteiger partial charge in [0.2, 0.25) is 5.89 Å². The summed E-state index contributed by atoms with van der Waals surface area (Å²) in [5.41, 5.74) is 2.12. The molecule has 3 aromatic rings. The lowest BCUT2D eigenvalue weighted by atomic mass is 10.1. The Morgan fingerprint density at radius 2 is 1.92 bits per heavy atom. The van der Waals surface area contributed by atoms with Crippen LogP contribution in [-0.4, -0.2) is 29.4 Å². The molecule has 26 heavy (non-hydrogen) atoms. The van der Waals surface area contributed by atoms with Gasteiger partial charge in [0.25, 0.3) is 15.9 Å². The summed E-state index contributed by atoms with van der Waals surface area (Å²) in [6, 6.07) is 6.34. The monoisotopic (exact) mass is 374 g/mol. The average Bonchev–Trinajstić information content (AvgIpc) is 3.10. The number of benzene rings is 1. The fourth-order valence-corrected chi connectivity index (χ4v) is 4.25. The van der Waals surface area contributed by atoms with E-state index < -0.39 is 10.0 Å². The first-order valence-electron chi connectivity index (χ1n) is 7.82. The van der Waals surface area contributed by atoms with Crippen LogP contribution in [-0.2, 0) is 10.0 Å². The molecular weight excluding hydrogens is 356 g/mol. The first kappa shape index (κ1) is 17.9. The number of rotatable bonds is 5. The highest BCUT2D eigenvalue weighted by molar-refractivity contribution is 7.92. The summed E-state index contributed by atoms with van der Waals surface area (Å²) in [5.74, 6) is 0.465. The van der Waals surface area contributed by atoms with Crippen molar-refractivity contribution in [2.24, 2.45) is 0 Å². The normalized spacial score (nSPS) is 11.5. The zero-order valence-corrected chi connectivity index (χ0v) is 15.6. The second-order valence-corrected chi connectivity index (χ2v) is 7.57. The van der Waals surface area contributed by atoms with Crippen molar-refractivity contribution in [1.82, 2.24) is 15.2 Å². The van der Waals surface area contributed by atoms with Gasteiger partial charge >= 0.3 is 0 Å². The molecule has 0 atom stereocenters. The molecule has 3 rings (SSSR count). The number of aryl methyl sites for hydroxylation is 2. The molecule has 2 heterocycles. The summed E-state index contributed by atoms with van der Waals surface area (Å²) in [7, 11) is -3.88. The summed E-state index contributed by atoms with van der Waals surface area (Å²) < 4.78 is 33.7. The molecular formula is C17H18N4O4S. The molecule has 0 fully saturated rings. The second kappa shape index (κ2) is 6.41. The summed E-state index contributed by atoms with van der Waals surface area (Å²) in [6.07, 6.45) is 0. The number of hydrogen-bond acceptors (Lipinski definition) is 6. The van der Waals surface area contributed by atoms with E-state index >= 15 is 0 Å². The van der Waals surface area contributed by atoms with E-state index in [1.165, 1.54) is 13.0 Å². The minimum atomic E-state index is -3.88. The molecule has 0 saturated heterocycles. The molecule has 0 radical (unpaired) electrons. The summed E-state index contributed by atoms with van der Waals surface area (Å²) >= 11 is 0. The molecule has 1 aromatic carbocycles. The Morgan fingerprint density at radius 1 is 1.19 bits per heavy atom. The van der Waals surface area contributed by atoms with Crippen molar-refractivity contribution in [3.8, 4) is 11.6 Å². The molecule has 0 aliphatic heterocycles. The van der Waals surface area contributed by atoms with E-state index in [9.17, 15) is 13.2 Å². The zero-order chi connectivity index (χ0) is 19.1. The molecule has 0 unspecified atom stereocenters. The lowest BCUT2D eigenvalue weighted by molar-refractivity contribution is 0.101. The standard InChI is InChI=1S/C17H18N4O4S/c1-9-15(17-20-19-12(4)25-17)18-10(2)16(9)26(23,24)21-14-7-5-6-13(8-14)11(3)22/h5-8,18,21H,1-4H3. The van der Waals surface area contributed by atoms with Crippen molar-refractivity contribution in [2.45, 2.75) is 32.6 Å². The lowest BCUT2D eigenvalue weighted by Gasteiger charge is -2.09. The highest BCUT2D eigenvalue weighted by Gasteiger charge is 2.26. The highest BCUT2D eigenvalue weighted by atomic mass is 32.2. The van der Waals surface area contributed by atoms with E-state index in [2.05, 4.69) is 19.9 Å². The Labute approximate surface area is 150 Å². The maximum atomic E-state index is 12.9. The van der Waals surface area contributed by atoms with Gasteiger partial charge in [-0.15, -0.1) is 10.2 Å². The first-order valence-corrected chi connectivity index (χ1v) is 9.31. The van der Waals surface area contributed by atoms with Crippen LogP contribution in [0.5, 0.6) is 0 Å². The van der Waals surface area contributed by atoms with Gasteiger partial charge in [0, 0.05) is 29.4 Å². The molecule has 9 heteroatoms. The van der Waals surface area contributed by atoms with Gasteiger partial charge in [-0.1, -0.05) is 12.1 Å². The van der Waals surface area contributed by atoms with Crippen molar-refractivity contribution in [1.29, 1.82) is 0 Å². The van der Waals surface area contributed by atoms with Crippen molar-refractivity contribution in [2.75, 3.05) is 4.72 Å². The van der Waals surface area contributed by atoms with Crippen LogP contribution in [0.25, 0.3) is 11.6 Å². The number of carbonyl (C=O) groups excluding carboxylic acids is 1. The zero-order valence-electron chi connectivity index (χ0n) is 14.7. The summed E-state index contributed by atoms with van der Waals surface area (Å²) in [5, 5.41) is 7.69. The number of H-pyrrole nitrogens is 1. The van der Waals surface area contributed by atoms with Gasteiger partial charge in [-0.25, -0.2) is 8.42 Å². The Hall–Kier alpha value is -2.94. The number of aromatic nitrogens is 3. The maximum Gasteiger partial charge on any atom is 0.264 e. The Bertz CT molecular complexity index is 1100. The Kier molecular flexibility index (Phi) is 4.41. The third-order valence-electron chi connectivity index (χ3n) is 3.90. The minimum absolute atomic E-state index is 0.108. The van der Waals surface area contributed by atoms with Crippen molar-refractivity contribution < 1.29 is 17.6 Å². The molecule has 2 aromatic heterocycles. The Morgan fingerprint density at radius 3 is 2.54 bits per heavy atom. The van der Waals surface area contributed by atoms with Crippen LogP contribution in [0.4, 0.5) is 5.69 Å². The van der Waals surface area contributed by atoms with Gasteiger partial charge in [0.05, 0.1) is 0 Å². The Balaban J connectivity index is 2.01. The topological polar surface area (TPSA) is 118 Å². The minimum Gasteiger partial charge on any atom is -0.420 e. The molecule has 0 spiro atoms. The summed E-state index contributed by atoms with van der Waals surface area (Å²) in [6.45, 7) is 6.40. The summed E-state index contributed by atoms with van der Waals surface area (Å²) in [4.78, 5) is 14.6. The van der Waals surface area contributed by atoms with Gasteiger partial charge in [-0.2, -0.15) is 0 Å². The first-order chi connectivity index (χ1) is 12.2. The van der Waals surface area contributed by atoms with E-state index in [1.807, 2.05) is 0 Å². The molecule has 8 nitrogen and oxygen atoms in total. The quantitative estimate of drug-likeness (QED) is 0.663. The largest absolute Gasteiger partial charge is 0.420 e. The van der Waals surface area contributed by atoms with Crippen molar-refractivity contribution in [3.05, 3.63) is 47.0 Å². The molecule has 0 aliphatic rings. The number of sulfonamides is 1. The predicted molar refractivity (Wildman–Crippen MR) is 95.6 cm³/mol. The average molecular weight is 374 g/mol. The van der Waals surface area contributed by atoms with Gasteiger partial charge in [-0.05, 0) is 32.9 Å². The SMILES string of the molecule is CC(=O)c1cccc(NS(=O)(=O)c2c(C)[nH]c(-c3nnc(C)o3)c2C)c1. The highest BCUT2D eigenvalue weighted by Crippen LogP contribution is 2.31. The fourth-order valence-electron chi connectivity index (χ4n) is 2.76. The third kappa shape index (κ3) is 3.25. The van der Waals surface area contributed by atoms with Gasteiger partial charge < -0.3 is 9.40 Å². The van der Waals surface area contributed by atoms with Crippen LogP contribution in [0.15, 0.2) is 33.6 Å². The van der Waals surface area contributed by atoms with Crippen LogP contribution in [0.1, 0.15) is 34.4 Å². The number of hydrogen-bond donors (Lipinski definition) is 2. The van der Waals surface area contributed by atoms with Crippen molar-refractivity contribution >= 4 is 21.5 Å². The van der Waals surface area contributed by atoms with Gasteiger partial charge in [0.1, 0.15) is 10.6 Å². The number of nitrogens with zero attached hydrogens (tertiary/aromatic N) is 2. The van der Waals surface area contributed by atoms with Crippen LogP contribution in [0.3, 0.4) is 0 Å². The van der Waals surface area contributed by atoms with E-state index in [-0.39, 0.29) is 16.6 Å². The predicted octanol–water partition coefficient (Wildman–Crippen LogP) is 2.99. The van der Waals surface area contributed by atoms with Gasteiger partial charge in [-0.3, -0.25) is 9.52 Å². The fraction of sp³-hybridized carbons (Fsp3) is 0.235. The maximum absolute atomic E-state index is 12.9. The number of aromatic amines is 1. The molecule has 2 N–H and O–H groups in total. The van der Waals surface area contributed by atoms with E-state index in [0.717, 1.165) is 0 Å². The van der Waals surface area contributed by atoms with Crippen LogP contribution in [0, 0.1) is 20.8 Å². The van der Waals surface area contributed by atoms with E-state index in [4.69, 9.17) is 4.42 Å². The molecule has 0 bridgehead atoms. The van der Waals surface area contributed by atoms with Gasteiger partial charge in [0.15, 0.2) is 5.78 Å². The number of anilines is 1. The molecule has 0 aliphatic carbocycles. The number of ketones is 1. The molecule has 0 amide bonds. The number of carbonyl (C=O) groups is 1. The molecule has 0 saturated carbocycles. The number of Topliss-reactive ketones (excluding diaryl/α,β-unsaturated/α-hetero) is 1. The van der Waals surface area contributed by atoms with E-state index in [1.54, 1.807) is 39.0 Å². The lowest BCUT2D eigenvalue weighted by Crippen LogP contribution is -2.14. The smallest absolute Gasteiger partial charge is 0.264 e. The number of nitrogens with one attached hydrogen (secondary N) is 2. The van der Waals surface area contributed by atoms with Crippen LogP contribution in [0.2, 0.25) is 0 Å². The van der Waals surface area contributed by atoms with Crippen molar-refractivity contribution in [3.63, 3.8) is 0 Å². The van der Waals surface area contributed by atoms with E-state index in [0.29, 0.717) is 34.1 Å².